The molecule has 1 aromatic heterocycles. The summed E-state index contributed by atoms with van der Waals surface area (Å²) in [6, 6.07) is 19.8. The number of carbonyl (C=O) groups excluding carboxylic acids is 1. The van der Waals surface area contributed by atoms with Gasteiger partial charge in [0.15, 0.2) is 0 Å². The molecule has 6 heteroatoms. The molecule has 0 saturated carbocycles. The van der Waals surface area contributed by atoms with Gasteiger partial charge in [0, 0.05) is 23.2 Å². The zero-order valence-electron chi connectivity index (χ0n) is 19.3. The number of rotatable bonds is 6. The summed E-state index contributed by atoms with van der Waals surface area (Å²) in [6.45, 7) is 3.28. The number of likely N-dealkylation sites (tertiary alicyclic amines) is 1. The third kappa shape index (κ3) is 5.06. The molecule has 0 spiro atoms. The van der Waals surface area contributed by atoms with Crippen molar-refractivity contribution in [3.05, 3.63) is 83.7 Å². The number of benzene rings is 3. The Morgan fingerprint density at radius 1 is 0.943 bits per heavy atom. The lowest BCUT2D eigenvalue weighted by Crippen LogP contribution is -2.23. The number of aromatic nitrogens is 2. The number of terminal acetylenes is 1. The normalized spacial score (nSPS) is 13.6. The van der Waals surface area contributed by atoms with Crippen molar-refractivity contribution in [2.75, 3.05) is 19.6 Å². The number of fused-ring (bicyclic) bond motifs is 1. The largest absolute Gasteiger partial charge is 0.341 e. The second-order valence-electron chi connectivity index (χ2n) is 8.70. The Balaban J connectivity index is 1.61. The zero-order valence-corrected chi connectivity index (χ0v) is 19.3. The highest BCUT2D eigenvalue weighted by Gasteiger charge is 2.17. The monoisotopic (exact) mass is 464 g/mol. The maximum absolute atomic E-state index is 13.6. The first-order chi connectivity index (χ1) is 17.1. The summed E-state index contributed by atoms with van der Waals surface area (Å²) in [5.41, 5.74) is 5.98. The first-order valence-electron chi connectivity index (χ1n) is 11.7. The molecule has 1 fully saturated rings. The molecule has 0 aliphatic carbocycles. The Hall–Kier alpha value is -4.08. The topological polar surface area (TPSA) is 58.1 Å². The van der Waals surface area contributed by atoms with Gasteiger partial charge >= 0.3 is 0 Å². The molecular formula is C29H25FN4O. The quantitative estimate of drug-likeness (QED) is 0.405. The van der Waals surface area contributed by atoms with Crippen molar-refractivity contribution in [1.29, 1.82) is 0 Å². The summed E-state index contributed by atoms with van der Waals surface area (Å²) < 4.78 is 13.6. The minimum Gasteiger partial charge on any atom is -0.341 e. The maximum Gasteiger partial charge on any atom is 0.252 e. The van der Waals surface area contributed by atoms with Crippen LogP contribution in [0.25, 0.3) is 33.5 Å². The number of amides is 1. The van der Waals surface area contributed by atoms with Crippen LogP contribution in [0.3, 0.4) is 0 Å². The van der Waals surface area contributed by atoms with E-state index in [2.05, 4.69) is 28.3 Å². The minimum atomic E-state index is -0.306. The van der Waals surface area contributed by atoms with Gasteiger partial charge in [-0.15, -0.1) is 6.42 Å². The molecule has 1 N–H and O–H groups in total. The van der Waals surface area contributed by atoms with Crippen LogP contribution in [-0.2, 0) is 6.54 Å². The molecule has 1 aliphatic rings. The lowest BCUT2D eigenvalue weighted by Gasteiger charge is -2.16. The second-order valence-corrected chi connectivity index (χ2v) is 8.70. The molecular weight excluding hydrogens is 439 g/mol. The van der Waals surface area contributed by atoms with Gasteiger partial charge in [-0.3, -0.25) is 9.69 Å². The highest BCUT2D eigenvalue weighted by Crippen LogP contribution is 2.32. The van der Waals surface area contributed by atoms with Crippen LogP contribution >= 0.6 is 0 Å². The van der Waals surface area contributed by atoms with Crippen LogP contribution < -0.4 is 5.32 Å². The molecule has 2 heterocycles. The van der Waals surface area contributed by atoms with Gasteiger partial charge in [0.2, 0.25) is 0 Å². The molecule has 35 heavy (non-hydrogen) atoms. The van der Waals surface area contributed by atoms with Gasteiger partial charge in [0.05, 0.1) is 29.0 Å². The van der Waals surface area contributed by atoms with E-state index in [0.29, 0.717) is 28.0 Å². The van der Waals surface area contributed by atoms with Crippen molar-refractivity contribution >= 4 is 16.9 Å². The maximum atomic E-state index is 13.6. The highest BCUT2D eigenvalue weighted by molar-refractivity contribution is 5.98. The van der Waals surface area contributed by atoms with Crippen LogP contribution in [0.5, 0.6) is 0 Å². The van der Waals surface area contributed by atoms with Crippen molar-refractivity contribution in [2.24, 2.45) is 0 Å². The van der Waals surface area contributed by atoms with Gasteiger partial charge < -0.3 is 5.32 Å². The third-order valence-electron chi connectivity index (χ3n) is 6.20. The fourth-order valence-corrected chi connectivity index (χ4v) is 4.46. The van der Waals surface area contributed by atoms with Crippen molar-refractivity contribution in [3.63, 3.8) is 0 Å². The zero-order chi connectivity index (χ0) is 24.2. The molecule has 4 aromatic rings. The average molecular weight is 465 g/mol. The number of nitrogens with zero attached hydrogens (tertiary/aromatic N) is 3. The number of hydrogen-bond acceptors (Lipinski definition) is 4. The molecule has 1 amide bonds. The number of carbonyl (C=O) groups is 1. The summed E-state index contributed by atoms with van der Waals surface area (Å²) in [4.78, 5) is 24.7. The van der Waals surface area contributed by atoms with Crippen LogP contribution in [0.15, 0.2) is 66.7 Å². The van der Waals surface area contributed by atoms with Gasteiger partial charge in [-0.2, -0.15) is 0 Å². The van der Waals surface area contributed by atoms with E-state index >= 15 is 0 Å². The smallest absolute Gasteiger partial charge is 0.252 e. The van der Waals surface area contributed by atoms with E-state index < -0.39 is 0 Å². The van der Waals surface area contributed by atoms with E-state index in [1.165, 1.54) is 30.5 Å². The van der Waals surface area contributed by atoms with E-state index in [0.717, 1.165) is 30.8 Å². The number of nitrogens with one attached hydrogen (secondary N) is 1. The van der Waals surface area contributed by atoms with Crippen LogP contribution in [-0.4, -0.2) is 40.4 Å². The molecule has 5 rings (SSSR count). The van der Waals surface area contributed by atoms with E-state index in [-0.39, 0.29) is 18.3 Å². The summed E-state index contributed by atoms with van der Waals surface area (Å²) in [6.07, 6.45) is 7.74. The molecule has 0 atom stereocenters. The Kier molecular flexibility index (Phi) is 6.51. The van der Waals surface area contributed by atoms with Gasteiger partial charge in [-0.1, -0.05) is 24.1 Å². The van der Waals surface area contributed by atoms with Crippen LogP contribution in [0.2, 0.25) is 0 Å². The minimum absolute atomic E-state index is 0.154. The van der Waals surface area contributed by atoms with Gasteiger partial charge in [0.1, 0.15) is 5.82 Å². The van der Waals surface area contributed by atoms with E-state index in [4.69, 9.17) is 16.4 Å². The first-order valence-corrected chi connectivity index (χ1v) is 11.7. The van der Waals surface area contributed by atoms with Crippen molar-refractivity contribution in [3.8, 4) is 34.9 Å². The molecule has 1 saturated heterocycles. The first kappa shape index (κ1) is 22.7. The predicted octanol–water partition coefficient (Wildman–Crippen LogP) is 5.06. The highest BCUT2D eigenvalue weighted by atomic mass is 19.1. The summed E-state index contributed by atoms with van der Waals surface area (Å²) in [5, 5.41) is 2.68. The molecule has 174 valence electrons. The second kappa shape index (κ2) is 10.0. The fourth-order valence-electron chi connectivity index (χ4n) is 4.46. The Labute approximate surface area is 204 Å². The van der Waals surface area contributed by atoms with Gasteiger partial charge in [-0.05, 0) is 80.0 Å². The van der Waals surface area contributed by atoms with Gasteiger partial charge in [0.25, 0.3) is 5.91 Å². The molecule has 5 nitrogen and oxygen atoms in total. The van der Waals surface area contributed by atoms with Crippen molar-refractivity contribution < 1.29 is 9.18 Å². The fraction of sp³-hybridized carbons (Fsp3) is 0.207. The third-order valence-corrected chi connectivity index (χ3v) is 6.20. The summed E-state index contributed by atoms with van der Waals surface area (Å²) >= 11 is 0. The van der Waals surface area contributed by atoms with Crippen molar-refractivity contribution in [2.45, 2.75) is 19.4 Å². The molecule has 1 aliphatic heterocycles. The summed E-state index contributed by atoms with van der Waals surface area (Å²) in [7, 11) is 0. The lowest BCUT2D eigenvalue weighted by atomic mass is 10.0. The Morgan fingerprint density at radius 3 is 2.46 bits per heavy atom. The molecule has 3 aromatic carbocycles. The predicted molar refractivity (Wildman–Crippen MR) is 136 cm³/mol. The average Bonchev–Trinajstić information content (AvgIpc) is 3.40. The Morgan fingerprint density at radius 2 is 1.69 bits per heavy atom. The SMILES string of the molecule is C#CCNC(=O)c1ccc2nc(-c3ccc(F)cc3)c(-c3cccc(CN4CCCC4)c3)nc2c1. The molecule has 0 unspecified atom stereocenters. The van der Waals surface area contributed by atoms with E-state index in [9.17, 15) is 9.18 Å². The number of halogens is 1. The van der Waals surface area contributed by atoms with Crippen LogP contribution in [0.1, 0.15) is 28.8 Å². The number of hydrogen-bond donors (Lipinski definition) is 1. The lowest BCUT2D eigenvalue weighted by molar-refractivity contribution is 0.0959. The molecule has 0 radical (unpaired) electrons. The summed E-state index contributed by atoms with van der Waals surface area (Å²) in [5.74, 6) is 1.84. The van der Waals surface area contributed by atoms with Crippen LogP contribution in [0, 0.1) is 18.2 Å². The molecule has 0 bridgehead atoms. The Bertz CT molecular complexity index is 1420. The van der Waals surface area contributed by atoms with Gasteiger partial charge in [-0.25, -0.2) is 14.4 Å². The van der Waals surface area contributed by atoms with E-state index in [1.807, 2.05) is 12.1 Å². The van der Waals surface area contributed by atoms with E-state index in [1.54, 1.807) is 30.3 Å². The van der Waals surface area contributed by atoms with Crippen LogP contribution in [0.4, 0.5) is 4.39 Å². The van der Waals surface area contributed by atoms with Crippen molar-refractivity contribution in [1.82, 2.24) is 20.2 Å². The standard InChI is InChI=1S/C29H25FN4O/c1-2-14-31-29(35)23-10-13-25-26(18-23)33-28(27(32-25)21-8-11-24(30)12-9-21)22-7-5-6-20(17-22)19-34-15-3-4-16-34/h1,5-13,17-18H,3-4,14-16,19H2,(H,31,35).